The molecule has 2 heterocycles. The first-order chi connectivity index (χ1) is 19.9. The number of aromatic nitrogens is 4. The standard InChI is InChI=1S/C30H27ClN8O2/c1-38(2)16-6-11-27(40)34-21-14-12-20(13-15-21)29(41)35-22-7-5-8-23(17-22)36-30-32-18-24(31)28(37-30)39-19-33-25-9-3-4-10-26(25)39/h3-15,17-19H,16H2,1-2H3,(H,34,40)(H,35,41)(H,32,36,37)/b11-6+. The van der Waals surface area contributed by atoms with E-state index < -0.39 is 0 Å². The maximum Gasteiger partial charge on any atom is 0.255 e. The van der Waals surface area contributed by atoms with E-state index in [1.54, 1.807) is 59.4 Å². The second kappa shape index (κ2) is 12.4. The van der Waals surface area contributed by atoms with Gasteiger partial charge in [0.1, 0.15) is 11.3 Å². The van der Waals surface area contributed by atoms with Crippen molar-refractivity contribution in [2.45, 2.75) is 0 Å². The highest BCUT2D eigenvalue weighted by Gasteiger charge is 2.12. The van der Waals surface area contributed by atoms with E-state index in [1.807, 2.05) is 49.3 Å². The lowest BCUT2D eigenvalue weighted by molar-refractivity contribution is -0.111. The molecule has 2 aromatic heterocycles. The van der Waals surface area contributed by atoms with Gasteiger partial charge in [-0.1, -0.05) is 35.9 Å². The maximum atomic E-state index is 12.9. The number of anilines is 4. The molecule has 10 nitrogen and oxygen atoms in total. The normalized spacial score (nSPS) is 11.2. The third-order valence-electron chi connectivity index (χ3n) is 5.94. The highest BCUT2D eigenvalue weighted by molar-refractivity contribution is 6.32. The number of benzene rings is 3. The molecule has 0 saturated heterocycles. The number of nitrogens with one attached hydrogen (secondary N) is 3. The molecule has 0 atom stereocenters. The van der Waals surface area contributed by atoms with E-state index in [2.05, 4.69) is 30.9 Å². The van der Waals surface area contributed by atoms with Crippen molar-refractivity contribution >= 4 is 57.5 Å². The summed E-state index contributed by atoms with van der Waals surface area (Å²) < 4.78 is 1.81. The summed E-state index contributed by atoms with van der Waals surface area (Å²) in [5, 5.41) is 9.21. The first kappa shape index (κ1) is 27.5. The minimum absolute atomic E-state index is 0.233. The molecule has 0 saturated carbocycles. The van der Waals surface area contributed by atoms with E-state index in [0.29, 0.717) is 46.0 Å². The summed E-state index contributed by atoms with van der Waals surface area (Å²) in [7, 11) is 3.85. The van der Waals surface area contributed by atoms with Crippen molar-refractivity contribution in [3.05, 3.63) is 108 Å². The number of likely N-dealkylation sites (N-methyl/N-ethyl adjacent to an activating group) is 1. The van der Waals surface area contributed by atoms with E-state index in [4.69, 9.17) is 11.6 Å². The van der Waals surface area contributed by atoms with Crippen molar-refractivity contribution in [2.24, 2.45) is 0 Å². The lowest BCUT2D eigenvalue weighted by Crippen LogP contribution is -2.13. The fourth-order valence-corrected chi connectivity index (χ4v) is 4.16. The summed E-state index contributed by atoms with van der Waals surface area (Å²) in [4.78, 5) is 40.2. The second-order valence-electron chi connectivity index (χ2n) is 9.36. The average Bonchev–Trinajstić information content (AvgIpc) is 3.38. The lowest BCUT2D eigenvalue weighted by atomic mass is 10.2. The van der Waals surface area contributed by atoms with Crippen LogP contribution in [0.2, 0.25) is 5.02 Å². The fourth-order valence-electron chi connectivity index (χ4n) is 3.98. The molecule has 5 rings (SSSR count). The van der Waals surface area contributed by atoms with E-state index in [-0.39, 0.29) is 11.8 Å². The molecule has 3 N–H and O–H groups in total. The van der Waals surface area contributed by atoms with Gasteiger partial charge in [-0.15, -0.1) is 0 Å². The highest BCUT2D eigenvalue weighted by atomic mass is 35.5. The Morgan fingerprint density at radius 1 is 0.927 bits per heavy atom. The molecule has 2 amide bonds. The smallest absolute Gasteiger partial charge is 0.255 e. The lowest BCUT2D eigenvalue weighted by Gasteiger charge is -2.11. The van der Waals surface area contributed by atoms with Crippen molar-refractivity contribution in [3.63, 3.8) is 0 Å². The van der Waals surface area contributed by atoms with Gasteiger partial charge in [0.25, 0.3) is 5.91 Å². The summed E-state index contributed by atoms with van der Waals surface area (Å²) in [6.45, 7) is 0.667. The number of carbonyl (C=O) groups is 2. The Morgan fingerprint density at radius 2 is 1.71 bits per heavy atom. The quantitative estimate of drug-likeness (QED) is 0.201. The van der Waals surface area contributed by atoms with E-state index >= 15 is 0 Å². The van der Waals surface area contributed by atoms with Gasteiger partial charge in [-0.2, -0.15) is 4.98 Å². The van der Waals surface area contributed by atoms with Gasteiger partial charge in [0.15, 0.2) is 5.82 Å². The van der Waals surface area contributed by atoms with Gasteiger partial charge in [0.2, 0.25) is 11.9 Å². The summed E-state index contributed by atoms with van der Waals surface area (Å²) in [6.07, 6.45) is 6.46. The number of nitrogens with zero attached hydrogens (tertiary/aromatic N) is 5. The number of halogens is 1. The summed E-state index contributed by atoms with van der Waals surface area (Å²) >= 11 is 6.42. The van der Waals surface area contributed by atoms with Crippen molar-refractivity contribution in [2.75, 3.05) is 36.6 Å². The predicted molar refractivity (Wildman–Crippen MR) is 162 cm³/mol. The Hall–Kier alpha value is -5.06. The van der Waals surface area contributed by atoms with Gasteiger partial charge < -0.3 is 20.9 Å². The molecule has 3 aromatic carbocycles. The van der Waals surface area contributed by atoms with Crippen LogP contribution in [-0.2, 0) is 4.79 Å². The molecule has 0 fully saturated rings. The number of para-hydroxylation sites is 2. The Bertz CT molecular complexity index is 1730. The molecular formula is C30H27ClN8O2. The van der Waals surface area contributed by atoms with Crippen molar-refractivity contribution < 1.29 is 9.59 Å². The second-order valence-corrected chi connectivity index (χ2v) is 9.77. The Balaban J connectivity index is 1.24. The van der Waals surface area contributed by atoms with Gasteiger partial charge in [-0.05, 0) is 68.7 Å². The number of hydrogen-bond acceptors (Lipinski definition) is 7. The van der Waals surface area contributed by atoms with Crippen LogP contribution in [0.3, 0.4) is 0 Å². The van der Waals surface area contributed by atoms with Crippen molar-refractivity contribution in [3.8, 4) is 5.82 Å². The molecule has 0 aliphatic rings. The molecule has 11 heteroatoms. The summed E-state index contributed by atoms with van der Waals surface area (Å²) in [5.74, 6) is 0.304. The molecule has 0 spiro atoms. The van der Waals surface area contributed by atoms with Gasteiger partial charge >= 0.3 is 0 Å². The molecule has 206 valence electrons. The SMILES string of the molecule is CN(C)C/C=C/C(=O)Nc1ccc(C(=O)Nc2cccc(Nc3ncc(Cl)c(-n4cnc5ccccc54)n3)c2)cc1. The van der Waals surface area contributed by atoms with Crippen LogP contribution in [0.25, 0.3) is 16.9 Å². The molecule has 0 aliphatic heterocycles. The number of rotatable bonds is 9. The van der Waals surface area contributed by atoms with Crippen molar-refractivity contribution in [1.82, 2.24) is 24.4 Å². The third-order valence-corrected chi connectivity index (χ3v) is 6.20. The van der Waals surface area contributed by atoms with Gasteiger partial charge in [0, 0.05) is 35.2 Å². The number of hydrogen-bond donors (Lipinski definition) is 3. The molecule has 41 heavy (non-hydrogen) atoms. The number of fused-ring (bicyclic) bond motifs is 1. The van der Waals surface area contributed by atoms with Gasteiger partial charge in [0.05, 0.1) is 17.2 Å². The van der Waals surface area contributed by atoms with E-state index in [9.17, 15) is 9.59 Å². The average molecular weight is 567 g/mol. The van der Waals surface area contributed by atoms with Crippen LogP contribution < -0.4 is 16.0 Å². The highest BCUT2D eigenvalue weighted by Crippen LogP contribution is 2.25. The Morgan fingerprint density at radius 3 is 2.51 bits per heavy atom. The number of carbonyl (C=O) groups excluding carboxylic acids is 2. The molecular weight excluding hydrogens is 540 g/mol. The predicted octanol–water partition coefficient (Wildman–Crippen LogP) is 5.52. The van der Waals surface area contributed by atoms with E-state index in [0.717, 1.165) is 11.0 Å². The zero-order valence-corrected chi connectivity index (χ0v) is 23.1. The van der Waals surface area contributed by atoms with Crippen LogP contribution >= 0.6 is 11.6 Å². The largest absolute Gasteiger partial charge is 0.324 e. The van der Waals surface area contributed by atoms with E-state index in [1.165, 1.54) is 12.3 Å². The molecule has 0 radical (unpaired) electrons. The molecule has 0 aliphatic carbocycles. The minimum Gasteiger partial charge on any atom is -0.324 e. The van der Waals surface area contributed by atoms with Gasteiger partial charge in [-0.25, -0.2) is 9.97 Å². The number of amides is 2. The van der Waals surface area contributed by atoms with Crippen molar-refractivity contribution in [1.29, 1.82) is 0 Å². The van der Waals surface area contributed by atoms with Crippen LogP contribution in [-0.4, -0.2) is 56.9 Å². The van der Waals surface area contributed by atoms with Crippen LogP contribution in [0.4, 0.5) is 23.0 Å². The molecule has 0 bridgehead atoms. The topological polar surface area (TPSA) is 117 Å². The third kappa shape index (κ3) is 6.93. The van der Waals surface area contributed by atoms with Crippen LogP contribution in [0.1, 0.15) is 10.4 Å². The minimum atomic E-state index is -0.289. The van der Waals surface area contributed by atoms with Gasteiger partial charge in [-0.3, -0.25) is 14.2 Å². The Kier molecular flexibility index (Phi) is 8.33. The van der Waals surface area contributed by atoms with Crippen LogP contribution in [0, 0.1) is 0 Å². The fraction of sp³-hybridized carbons (Fsp3) is 0.100. The van der Waals surface area contributed by atoms with Crippen LogP contribution in [0.15, 0.2) is 97.5 Å². The zero-order chi connectivity index (χ0) is 28.8. The Labute approximate surface area is 241 Å². The van der Waals surface area contributed by atoms with Crippen LogP contribution in [0.5, 0.6) is 0 Å². The molecule has 5 aromatic rings. The first-order valence-corrected chi connectivity index (χ1v) is 13.1. The first-order valence-electron chi connectivity index (χ1n) is 12.7. The summed E-state index contributed by atoms with van der Waals surface area (Å²) in [5.41, 5.74) is 3.99. The maximum absolute atomic E-state index is 12.9. The number of imidazole rings is 1. The molecule has 0 unspecified atom stereocenters. The summed E-state index contributed by atoms with van der Waals surface area (Å²) in [6, 6.07) is 21.6. The zero-order valence-electron chi connectivity index (χ0n) is 22.4. The monoisotopic (exact) mass is 566 g/mol.